The molecule has 1 fully saturated rings. The summed E-state index contributed by atoms with van der Waals surface area (Å²) < 4.78 is 5.23. The standard InChI is InChI=1S/C21H25NO2/c1-15-5-3-4-6-18(15)14-22-21(23)13-20(16-7-8-16)17-9-11-19(24-2)12-10-17/h3-6,9-12,16,20H,7-8,13-14H2,1-2H3,(H,22,23). The molecule has 0 bridgehead atoms. The van der Waals surface area contributed by atoms with Gasteiger partial charge < -0.3 is 10.1 Å². The summed E-state index contributed by atoms with van der Waals surface area (Å²) in [4.78, 5) is 12.4. The molecule has 3 heteroatoms. The summed E-state index contributed by atoms with van der Waals surface area (Å²) >= 11 is 0. The topological polar surface area (TPSA) is 38.3 Å². The second kappa shape index (κ2) is 7.52. The smallest absolute Gasteiger partial charge is 0.220 e. The molecule has 3 nitrogen and oxygen atoms in total. The van der Waals surface area contributed by atoms with Gasteiger partial charge in [-0.3, -0.25) is 4.79 Å². The van der Waals surface area contributed by atoms with Crippen molar-refractivity contribution in [2.75, 3.05) is 7.11 Å². The predicted molar refractivity (Wildman–Crippen MR) is 96.1 cm³/mol. The molecule has 1 aliphatic rings. The lowest BCUT2D eigenvalue weighted by Crippen LogP contribution is -2.25. The molecule has 126 valence electrons. The molecule has 0 radical (unpaired) electrons. The second-order valence-corrected chi connectivity index (χ2v) is 6.62. The van der Waals surface area contributed by atoms with Crippen LogP contribution in [0.4, 0.5) is 0 Å². The first-order valence-electron chi connectivity index (χ1n) is 8.62. The SMILES string of the molecule is COc1ccc(C(CC(=O)NCc2ccccc2C)C2CC2)cc1. The fourth-order valence-electron chi connectivity index (χ4n) is 3.18. The normalized spacial score (nSPS) is 14.9. The van der Waals surface area contributed by atoms with Crippen molar-refractivity contribution in [3.63, 3.8) is 0 Å². The zero-order chi connectivity index (χ0) is 16.9. The maximum Gasteiger partial charge on any atom is 0.220 e. The Balaban J connectivity index is 1.61. The number of methoxy groups -OCH3 is 1. The van der Waals surface area contributed by atoms with Gasteiger partial charge in [0.05, 0.1) is 7.11 Å². The van der Waals surface area contributed by atoms with Crippen molar-refractivity contribution in [2.24, 2.45) is 5.92 Å². The Kier molecular flexibility index (Phi) is 5.19. The van der Waals surface area contributed by atoms with Crippen molar-refractivity contribution in [2.45, 2.75) is 38.6 Å². The van der Waals surface area contributed by atoms with Crippen LogP contribution in [0.5, 0.6) is 5.75 Å². The number of carbonyl (C=O) groups excluding carboxylic acids is 1. The summed E-state index contributed by atoms with van der Waals surface area (Å²) in [5.41, 5.74) is 3.63. The Hall–Kier alpha value is -2.29. The van der Waals surface area contributed by atoms with E-state index in [4.69, 9.17) is 4.74 Å². The molecule has 3 rings (SSSR count). The van der Waals surface area contributed by atoms with Gasteiger partial charge in [-0.15, -0.1) is 0 Å². The van der Waals surface area contributed by atoms with E-state index in [0.29, 0.717) is 24.8 Å². The molecule has 1 N–H and O–H groups in total. The van der Waals surface area contributed by atoms with Crippen molar-refractivity contribution >= 4 is 5.91 Å². The van der Waals surface area contributed by atoms with Crippen LogP contribution in [0.25, 0.3) is 0 Å². The van der Waals surface area contributed by atoms with Gasteiger partial charge in [0.25, 0.3) is 0 Å². The minimum atomic E-state index is 0.131. The van der Waals surface area contributed by atoms with E-state index < -0.39 is 0 Å². The summed E-state index contributed by atoms with van der Waals surface area (Å²) in [5, 5.41) is 3.08. The van der Waals surface area contributed by atoms with Crippen LogP contribution >= 0.6 is 0 Å². The molecule has 1 saturated carbocycles. The summed E-state index contributed by atoms with van der Waals surface area (Å²) in [6.45, 7) is 2.68. The zero-order valence-corrected chi connectivity index (χ0v) is 14.4. The van der Waals surface area contributed by atoms with E-state index in [9.17, 15) is 4.79 Å². The Morgan fingerprint density at radius 3 is 2.50 bits per heavy atom. The fraction of sp³-hybridized carbons (Fsp3) is 0.381. The maximum atomic E-state index is 12.4. The van der Waals surface area contributed by atoms with Gasteiger partial charge in [0.1, 0.15) is 5.75 Å². The molecule has 0 spiro atoms. The first kappa shape index (κ1) is 16.6. The van der Waals surface area contributed by atoms with Crippen molar-refractivity contribution in [1.29, 1.82) is 0 Å². The van der Waals surface area contributed by atoms with Crippen LogP contribution in [0.1, 0.15) is 41.9 Å². The molecule has 0 aromatic heterocycles. The number of amides is 1. The first-order chi connectivity index (χ1) is 11.7. The molecule has 0 heterocycles. The van der Waals surface area contributed by atoms with Gasteiger partial charge >= 0.3 is 0 Å². The second-order valence-electron chi connectivity index (χ2n) is 6.62. The van der Waals surface area contributed by atoms with Crippen LogP contribution in [0.15, 0.2) is 48.5 Å². The van der Waals surface area contributed by atoms with Crippen LogP contribution in [0.3, 0.4) is 0 Å². The lowest BCUT2D eigenvalue weighted by molar-refractivity contribution is -0.121. The third-order valence-corrected chi connectivity index (χ3v) is 4.88. The fourth-order valence-corrected chi connectivity index (χ4v) is 3.18. The lowest BCUT2D eigenvalue weighted by Gasteiger charge is -2.17. The third kappa shape index (κ3) is 4.16. The van der Waals surface area contributed by atoms with Crippen LogP contribution in [0.2, 0.25) is 0 Å². The quantitative estimate of drug-likeness (QED) is 0.829. The van der Waals surface area contributed by atoms with Crippen LogP contribution in [-0.4, -0.2) is 13.0 Å². The highest BCUT2D eigenvalue weighted by molar-refractivity contribution is 5.77. The van der Waals surface area contributed by atoms with E-state index in [1.165, 1.54) is 29.5 Å². The van der Waals surface area contributed by atoms with Gasteiger partial charge in [0.15, 0.2) is 0 Å². The molecule has 24 heavy (non-hydrogen) atoms. The number of aryl methyl sites for hydroxylation is 1. The van der Waals surface area contributed by atoms with Gasteiger partial charge in [-0.25, -0.2) is 0 Å². The van der Waals surface area contributed by atoms with E-state index in [0.717, 1.165) is 5.75 Å². The van der Waals surface area contributed by atoms with E-state index >= 15 is 0 Å². The predicted octanol–water partition coefficient (Wildman–Crippen LogP) is 4.20. The number of hydrogen-bond donors (Lipinski definition) is 1. The first-order valence-corrected chi connectivity index (χ1v) is 8.62. The van der Waals surface area contributed by atoms with E-state index in [1.807, 2.05) is 24.3 Å². The molecule has 2 aromatic rings. The van der Waals surface area contributed by atoms with Crippen molar-refractivity contribution in [3.8, 4) is 5.75 Å². The average Bonchev–Trinajstić information content (AvgIpc) is 3.44. The summed E-state index contributed by atoms with van der Waals surface area (Å²) in [6, 6.07) is 16.3. The Bertz CT molecular complexity index is 689. The number of benzene rings is 2. The van der Waals surface area contributed by atoms with Gasteiger partial charge in [-0.1, -0.05) is 36.4 Å². The zero-order valence-electron chi connectivity index (χ0n) is 14.4. The molecule has 0 saturated heterocycles. The highest BCUT2D eigenvalue weighted by atomic mass is 16.5. The summed E-state index contributed by atoms with van der Waals surface area (Å²) in [5.74, 6) is 1.94. The molecule has 0 aliphatic heterocycles. The van der Waals surface area contributed by atoms with Crippen molar-refractivity contribution in [1.82, 2.24) is 5.32 Å². The summed E-state index contributed by atoms with van der Waals surface area (Å²) in [7, 11) is 1.67. The average molecular weight is 323 g/mol. The number of nitrogens with one attached hydrogen (secondary N) is 1. The van der Waals surface area contributed by atoms with E-state index in [2.05, 4.69) is 36.5 Å². The van der Waals surface area contributed by atoms with E-state index in [1.54, 1.807) is 7.11 Å². The van der Waals surface area contributed by atoms with Gasteiger partial charge in [0.2, 0.25) is 5.91 Å². The molecule has 1 aliphatic carbocycles. The maximum absolute atomic E-state index is 12.4. The van der Waals surface area contributed by atoms with Crippen molar-refractivity contribution < 1.29 is 9.53 Å². The molecule has 1 atom stereocenters. The minimum Gasteiger partial charge on any atom is -0.497 e. The highest BCUT2D eigenvalue weighted by Gasteiger charge is 2.33. The Labute approximate surface area is 144 Å². The number of rotatable bonds is 7. The summed E-state index contributed by atoms with van der Waals surface area (Å²) in [6.07, 6.45) is 3.01. The van der Waals surface area contributed by atoms with Crippen LogP contribution in [0, 0.1) is 12.8 Å². The van der Waals surface area contributed by atoms with Gasteiger partial charge in [-0.05, 0) is 60.4 Å². The Morgan fingerprint density at radius 1 is 1.17 bits per heavy atom. The Morgan fingerprint density at radius 2 is 1.88 bits per heavy atom. The highest BCUT2D eigenvalue weighted by Crippen LogP contribution is 2.44. The third-order valence-electron chi connectivity index (χ3n) is 4.88. The molecule has 2 aromatic carbocycles. The number of hydrogen-bond acceptors (Lipinski definition) is 2. The van der Waals surface area contributed by atoms with Gasteiger partial charge in [0, 0.05) is 13.0 Å². The van der Waals surface area contributed by atoms with Gasteiger partial charge in [-0.2, -0.15) is 0 Å². The molecule has 1 amide bonds. The van der Waals surface area contributed by atoms with Crippen LogP contribution < -0.4 is 10.1 Å². The monoisotopic (exact) mass is 323 g/mol. The molecule has 1 unspecified atom stereocenters. The lowest BCUT2D eigenvalue weighted by atomic mass is 9.90. The molecular formula is C21H25NO2. The molecular weight excluding hydrogens is 298 g/mol. The van der Waals surface area contributed by atoms with Crippen LogP contribution in [-0.2, 0) is 11.3 Å². The minimum absolute atomic E-state index is 0.131. The van der Waals surface area contributed by atoms with E-state index in [-0.39, 0.29) is 5.91 Å². The largest absolute Gasteiger partial charge is 0.497 e. The van der Waals surface area contributed by atoms with Crippen molar-refractivity contribution in [3.05, 3.63) is 65.2 Å². The number of ether oxygens (including phenoxy) is 1. The number of carbonyl (C=O) groups is 1.